The number of hydrogen-bond acceptors (Lipinski definition) is 21. The molecule has 0 spiro atoms. The average molecular weight is 1460 g/mol. The molecule has 0 amide bonds. The van der Waals surface area contributed by atoms with E-state index in [-0.39, 0.29) is 320 Å². The molecular weight excluding hydrogens is 1370 g/mol. The minimum atomic E-state index is -1.21. The molecule has 22 nitrogen and oxygen atoms in total. The molecule has 8 heterocycles. The van der Waals surface area contributed by atoms with E-state index in [0.717, 1.165) is 46.9 Å². The number of aliphatic carboxylic acids is 1. The first-order valence-corrected chi connectivity index (χ1v) is 27.9. The molecule has 516 valence electrons. The standard InChI is InChI=1S/C16H23NO4.C16H21NO4.C13H21N2O3P.C13H20N2O3.C2H4O2.7Ar/c2*1-10(19)5-6-16(4,20)13-7-12-14(11(2)17-13)21-9-15(12,3)8-18;1-8-11-9(12(2,6-17-11)7-18-19)4-10(15-8)13(3,16)5-14;1-8-11-9(12(2,6-16)7-18-11)4-10(15-8)13(3,17)5-14;1-2(3)4;;;;;;;/h7,18,20H,5-6,8-9H2,1-4H3;7-8,20H,5-6,9H2,1-4H3;4,16H,5-7,14,19H2,1-3H3;4,16-17H,5-7,14H2,1-3H3;1H3,(H,3,4);;;;;;;/t2*15-,16?;2*12-,13?;;;;;;;;/m0010......../s1. The van der Waals surface area contributed by atoms with E-state index in [1.807, 2.05) is 40.7 Å². The zero-order valence-corrected chi connectivity index (χ0v) is 59.5. The van der Waals surface area contributed by atoms with Crippen LogP contribution in [0.5, 0.6) is 23.0 Å². The Morgan fingerprint density at radius 2 is 0.789 bits per heavy atom. The van der Waals surface area contributed by atoms with Gasteiger partial charge in [0.05, 0.1) is 87.0 Å². The van der Waals surface area contributed by atoms with Crippen LogP contribution >= 0.6 is 9.47 Å². The van der Waals surface area contributed by atoms with Gasteiger partial charge in [-0.3, -0.25) is 24.7 Å². The van der Waals surface area contributed by atoms with Crippen LogP contribution < -0.4 is 30.4 Å². The van der Waals surface area contributed by atoms with Crippen molar-refractivity contribution in [3.8, 4) is 23.0 Å². The first kappa shape index (κ1) is 99.5. The van der Waals surface area contributed by atoms with E-state index < -0.39 is 44.6 Å². The second-order valence-corrected chi connectivity index (χ2v) is 24.6. The number of nitrogens with zero attached hydrogens (tertiary/aromatic N) is 4. The minimum absolute atomic E-state index is 0. The number of ketones is 2. The summed E-state index contributed by atoms with van der Waals surface area (Å²) in [6.45, 7) is 28.1. The smallest absolute Gasteiger partial charge is 0.300 e. The minimum Gasteiger partial charge on any atom is -0.490 e. The fourth-order valence-corrected chi connectivity index (χ4v) is 9.81. The topological polar surface area (TPSA) is 360 Å². The van der Waals surface area contributed by atoms with Gasteiger partial charge in [0, 0.05) is 329 Å². The summed E-state index contributed by atoms with van der Waals surface area (Å²) >= 11 is 0. The van der Waals surface area contributed by atoms with Crippen molar-refractivity contribution in [1.29, 1.82) is 0 Å². The Hall–Kier alpha value is 3.17. The molecule has 4 aromatic rings. The number of Topliss-reactive ketones (excluding diaryl/α,β-unsaturated/α-hetero) is 2. The number of aliphatic hydroxyl groups excluding tert-OH is 2. The van der Waals surface area contributed by atoms with Crippen molar-refractivity contribution in [1.82, 2.24) is 19.9 Å². The number of nitrogens with two attached hydrogens (primary N) is 2. The van der Waals surface area contributed by atoms with Gasteiger partial charge in [0.2, 0.25) is 0 Å². The molecule has 0 bridgehead atoms. The molecular formula is C60H89Ar7N6O16P. The number of pyridine rings is 4. The number of carboxylic acid groups (broad SMARTS) is 1. The van der Waals surface area contributed by atoms with E-state index in [0.29, 0.717) is 103 Å². The molecule has 30 heteroatoms. The van der Waals surface area contributed by atoms with E-state index in [1.54, 1.807) is 59.7 Å². The van der Waals surface area contributed by atoms with Crippen molar-refractivity contribution in [3.63, 3.8) is 0 Å². The molecule has 9 atom stereocenters. The third-order valence-electron chi connectivity index (χ3n) is 15.5. The largest absolute Gasteiger partial charge is 0.490 e. The zero-order valence-electron chi connectivity index (χ0n) is 53.4. The van der Waals surface area contributed by atoms with Gasteiger partial charge in [-0.25, -0.2) is 0 Å². The van der Waals surface area contributed by atoms with Gasteiger partial charge in [-0.1, -0.05) is 0 Å². The second-order valence-electron chi connectivity index (χ2n) is 24.3. The molecule has 0 fully saturated rings. The van der Waals surface area contributed by atoms with E-state index in [9.17, 15) is 45.0 Å². The average Bonchev–Trinajstić information content (AvgIpc) is 1.81. The summed E-state index contributed by atoms with van der Waals surface area (Å²) in [7, 11) is 2.26. The molecule has 11 N–H and O–H groups in total. The predicted molar refractivity (Wildman–Crippen MR) is 313 cm³/mol. The Balaban J connectivity index is -0.000000524. The molecule has 90 heavy (non-hydrogen) atoms. The van der Waals surface area contributed by atoms with Gasteiger partial charge in [-0.2, -0.15) is 0 Å². The summed E-state index contributed by atoms with van der Waals surface area (Å²) in [5, 5.41) is 68.3. The van der Waals surface area contributed by atoms with Crippen LogP contribution in [0.2, 0.25) is 0 Å². The van der Waals surface area contributed by atoms with Gasteiger partial charge < -0.3 is 85.1 Å². The summed E-state index contributed by atoms with van der Waals surface area (Å²) in [4.78, 5) is 60.2. The number of ether oxygens (including phenoxy) is 4. The zero-order chi connectivity index (χ0) is 63.1. The van der Waals surface area contributed by atoms with Crippen molar-refractivity contribution in [2.24, 2.45) is 11.5 Å². The Morgan fingerprint density at radius 1 is 0.533 bits per heavy atom. The molecule has 0 radical (unpaired) electrons. The Kier molecular flexibility index (Phi) is 46.4. The van der Waals surface area contributed by atoms with Crippen molar-refractivity contribution < 1.29 is 343 Å². The van der Waals surface area contributed by atoms with Crippen LogP contribution in [-0.2, 0) is 67.8 Å². The number of aliphatic hydroxyl groups is 6. The van der Waals surface area contributed by atoms with E-state index >= 15 is 0 Å². The van der Waals surface area contributed by atoms with Crippen LogP contribution in [0.3, 0.4) is 0 Å². The normalized spacial score (nSPS) is 21.4. The van der Waals surface area contributed by atoms with Crippen LogP contribution in [0.4, 0.5) is 0 Å². The fourth-order valence-electron chi connectivity index (χ4n) is 9.44. The van der Waals surface area contributed by atoms with Crippen molar-refractivity contribution in [3.05, 3.63) is 92.1 Å². The maximum absolute atomic E-state index is 11.4. The van der Waals surface area contributed by atoms with Gasteiger partial charge in [0.25, 0.3) is 5.97 Å². The van der Waals surface area contributed by atoms with E-state index in [4.69, 9.17) is 44.8 Å². The number of carbonyl (C=O) groups excluding carboxylic acids is 3. The summed E-state index contributed by atoms with van der Waals surface area (Å²) in [6, 6.07) is 7.19. The molecule has 5 unspecified atom stereocenters. The molecule has 4 aliphatic rings. The van der Waals surface area contributed by atoms with Gasteiger partial charge in [-0.15, -0.1) is 0 Å². The van der Waals surface area contributed by atoms with Gasteiger partial charge in [0.15, 0.2) is 0 Å². The number of aromatic nitrogens is 4. The maximum atomic E-state index is 11.4. The molecule has 4 aliphatic heterocycles. The first-order valence-electron chi connectivity index (χ1n) is 27.4. The van der Waals surface area contributed by atoms with E-state index in [2.05, 4.69) is 36.3 Å². The maximum Gasteiger partial charge on any atom is 0.300 e. The van der Waals surface area contributed by atoms with Gasteiger partial charge in [0.1, 0.15) is 89.7 Å². The summed E-state index contributed by atoms with van der Waals surface area (Å²) in [5.74, 6) is 2.04. The summed E-state index contributed by atoms with van der Waals surface area (Å²) in [6.07, 6.45) is 2.08. The Labute approximate surface area is 742 Å². The van der Waals surface area contributed by atoms with Crippen LogP contribution in [0, 0.1) is 292 Å². The van der Waals surface area contributed by atoms with Crippen molar-refractivity contribution in [2.75, 3.05) is 59.3 Å². The van der Waals surface area contributed by atoms with Crippen LogP contribution in [0.15, 0.2) is 24.3 Å². The number of rotatable bonds is 17. The fraction of sp³-hybridized carbons (Fsp3) is 0.600. The number of fused-ring (bicyclic) bond motifs is 4. The van der Waals surface area contributed by atoms with E-state index in [1.165, 1.54) is 13.8 Å². The van der Waals surface area contributed by atoms with Gasteiger partial charge in [-0.05, 0) is 134 Å². The number of carboxylic acids is 1. The number of hydrogen-bond donors (Lipinski definition) is 9. The summed E-state index contributed by atoms with van der Waals surface area (Å²) in [5.41, 5.74) is 13.1. The molecule has 4 aromatic heterocycles. The Morgan fingerprint density at radius 3 is 1.06 bits per heavy atom. The number of aryl methyl sites for hydroxylation is 4. The third kappa shape index (κ3) is 25.6. The molecule has 0 saturated heterocycles. The quantitative estimate of drug-likeness (QED) is 0.0510. The number of carbonyl (C=O) groups is 4. The SMILES string of the molecule is CC(=O)CCC(C)(O)c1cc2c(c(C)n1)OC[C@]2(C)C=O.CC(=O)CCC(C)(O)c1cc2c(c(C)n1)OC[C@]2(C)CO.CC(=O)O.Cc1nc(C(C)(O)CN)cc2c1OC[C@]2(C)CO.Cc1nc(C(C)(O)CN)cc2c1OC[C@]2(C)COP.[Ar].[Ar].[Ar].[Ar].[Ar].[Ar].[Ar]. The Bertz CT molecular complexity index is 3040. The van der Waals surface area contributed by atoms with Crippen molar-refractivity contribution in [2.45, 2.75) is 174 Å². The van der Waals surface area contributed by atoms with Crippen LogP contribution in [-0.4, -0.2) is 139 Å². The third-order valence-corrected chi connectivity index (χ3v) is 15.7. The molecule has 0 aromatic carbocycles. The second kappa shape index (κ2) is 41.9. The number of aldehydes is 1. The molecule has 0 saturated carbocycles. The van der Waals surface area contributed by atoms with Gasteiger partial charge >= 0.3 is 0 Å². The van der Waals surface area contributed by atoms with Crippen LogP contribution in [0.25, 0.3) is 0 Å². The van der Waals surface area contributed by atoms with Crippen molar-refractivity contribution >= 4 is 33.3 Å². The molecule has 8 rings (SSSR count). The molecule has 0 aliphatic carbocycles. The predicted octanol–water partition coefficient (Wildman–Crippen LogP) is 4.73. The monoisotopic (exact) mass is 1460 g/mol. The summed E-state index contributed by atoms with van der Waals surface area (Å²) < 4.78 is 27.8. The first-order chi connectivity index (χ1) is 38.3. The van der Waals surface area contributed by atoms with Crippen LogP contribution in [0.1, 0.15) is 170 Å².